The molecule has 4 unspecified atom stereocenters. The van der Waals surface area contributed by atoms with Crippen molar-refractivity contribution in [2.45, 2.75) is 350 Å². The van der Waals surface area contributed by atoms with E-state index < -0.39 is 97.5 Å². The summed E-state index contributed by atoms with van der Waals surface area (Å²) in [5.74, 6) is 0.835. The van der Waals surface area contributed by atoms with Crippen LogP contribution in [0.1, 0.15) is 331 Å². The Morgan fingerprint density at radius 1 is 0.322 bits per heavy atom. The van der Waals surface area contributed by atoms with Gasteiger partial charge in [-0.2, -0.15) is 0 Å². The number of hydrogen-bond acceptors (Lipinski definition) is 15. The van der Waals surface area contributed by atoms with Crippen LogP contribution in [0.15, 0.2) is 0 Å². The first-order valence-electron chi connectivity index (χ1n) is 35.2. The molecule has 0 saturated heterocycles. The van der Waals surface area contributed by atoms with Crippen LogP contribution in [0.4, 0.5) is 0 Å². The highest BCUT2D eigenvalue weighted by Crippen LogP contribution is 2.45. The third-order valence-electron chi connectivity index (χ3n) is 15.9. The molecule has 0 aromatic carbocycles. The van der Waals surface area contributed by atoms with Crippen molar-refractivity contribution in [3.8, 4) is 0 Å². The Hall–Kier alpha value is -1.94. The molecule has 0 amide bonds. The largest absolute Gasteiger partial charge is 0.472 e. The van der Waals surface area contributed by atoms with Crippen LogP contribution in [0.25, 0.3) is 0 Å². The van der Waals surface area contributed by atoms with E-state index in [1.54, 1.807) is 0 Å². The highest BCUT2D eigenvalue weighted by atomic mass is 31.2. The second-order valence-electron chi connectivity index (χ2n) is 26.2. The van der Waals surface area contributed by atoms with Gasteiger partial charge in [0.05, 0.1) is 26.4 Å². The Morgan fingerprint density at radius 3 is 0.816 bits per heavy atom. The molecule has 0 spiro atoms. The lowest BCUT2D eigenvalue weighted by atomic mass is 9.99. The number of ether oxygens (including phenoxy) is 4. The summed E-state index contributed by atoms with van der Waals surface area (Å²) in [5, 5.41) is 10.6. The van der Waals surface area contributed by atoms with Gasteiger partial charge in [0.1, 0.15) is 19.3 Å². The Bertz CT molecular complexity index is 1730. The first-order chi connectivity index (χ1) is 41.6. The van der Waals surface area contributed by atoms with Crippen molar-refractivity contribution in [3.63, 3.8) is 0 Å². The summed E-state index contributed by atoms with van der Waals surface area (Å²) in [6, 6.07) is 0. The minimum Gasteiger partial charge on any atom is -0.462 e. The molecule has 6 atom stereocenters. The molecule has 17 nitrogen and oxygen atoms in total. The van der Waals surface area contributed by atoms with Gasteiger partial charge in [-0.15, -0.1) is 0 Å². The van der Waals surface area contributed by atoms with Gasteiger partial charge in [-0.25, -0.2) is 9.13 Å². The van der Waals surface area contributed by atoms with Gasteiger partial charge in [-0.3, -0.25) is 37.3 Å². The molecule has 0 bridgehead atoms. The van der Waals surface area contributed by atoms with Crippen molar-refractivity contribution in [2.24, 2.45) is 23.7 Å². The van der Waals surface area contributed by atoms with E-state index in [2.05, 4.69) is 55.4 Å². The van der Waals surface area contributed by atoms with E-state index in [0.29, 0.717) is 31.6 Å². The first-order valence-corrected chi connectivity index (χ1v) is 38.2. The van der Waals surface area contributed by atoms with Gasteiger partial charge >= 0.3 is 39.5 Å². The molecule has 19 heteroatoms. The monoisotopic (exact) mass is 1280 g/mol. The van der Waals surface area contributed by atoms with E-state index in [1.165, 1.54) is 128 Å². The SMILES string of the molecule is CCC(C)CCCCCCCCCCC(=O)O[C@H](COC(=O)CCCCCCCCCC(C)C)COP(=O)(O)OCC(O)COP(=O)(O)OC[C@@H](COC(=O)CCCCCCCCCCCCC(C)C)OC(=O)CCCCCCCCCCCC(C)C. The molecule has 0 aromatic heterocycles. The van der Waals surface area contributed by atoms with Crippen molar-refractivity contribution >= 4 is 39.5 Å². The average Bonchev–Trinajstić information content (AvgIpc) is 3.68. The van der Waals surface area contributed by atoms with E-state index >= 15 is 0 Å². The van der Waals surface area contributed by atoms with Crippen LogP contribution in [-0.2, 0) is 65.4 Å². The predicted octanol–water partition coefficient (Wildman–Crippen LogP) is 18.9. The van der Waals surface area contributed by atoms with Crippen LogP contribution in [-0.4, -0.2) is 96.7 Å². The Morgan fingerprint density at radius 2 is 0.552 bits per heavy atom. The van der Waals surface area contributed by atoms with Crippen LogP contribution in [0, 0.1) is 23.7 Å². The Balaban J connectivity index is 5.27. The van der Waals surface area contributed by atoms with Crippen LogP contribution in [0.2, 0.25) is 0 Å². The van der Waals surface area contributed by atoms with Gasteiger partial charge in [0, 0.05) is 25.7 Å². The van der Waals surface area contributed by atoms with Gasteiger partial charge in [-0.1, -0.05) is 280 Å². The van der Waals surface area contributed by atoms with Crippen LogP contribution >= 0.6 is 15.6 Å². The topological polar surface area (TPSA) is 237 Å². The average molecular weight is 1280 g/mol. The second kappa shape index (κ2) is 57.9. The number of phosphoric ester groups is 2. The molecule has 87 heavy (non-hydrogen) atoms. The number of carbonyl (C=O) groups excluding carboxylic acids is 4. The molecule has 3 N–H and O–H groups in total. The summed E-state index contributed by atoms with van der Waals surface area (Å²) in [6.07, 6.45) is 38.9. The van der Waals surface area contributed by atoms with E-state index in [9.17, 15) is 43.2 Å². The van der Waals surface area contributed by atoms with Gasteiger partial charge in [0.2, 0.25) is 0 Å². The highest BCUT2D eigenvalue weighted by Gasteiger charge is 2.30. The maximum atomic E-state index is 13.0. The zero-order valence-corrected chi connectivity index (χ0v) is 58.4. The van der Waals surface area contributed by atoms with Crippen LogP contribution in [0.5, 0.6) is 0 Å². The minimum atomic E-state index is -4.95. The van der Waals surface area contributed by atoms with Gasteiger partial charge in [0.15, 0.2) is 12.2 Å². The lowest BCUT2D eigenvalue weighted by molar-refractivity contribution is -0.161. The first kappa shape index (κ1) is 85.1. The summed E-state index contributed by atoms with van der Waals surface area (Å²) in [5.41, 5.74) is 0. The summed E-state index contributed by atoms with van der Waals surface area (Å²) < 4.78 is 68.2. The molecular weight excluding hydrogens is 1150 g/mol. The zero-order chi connectivity index (χ0) is 64.7. The summed E-state index contributed by atoms with van der Waals surface area (Å²) >= 11 is 0. The van der Waals surface area contributed by atoms with Crippen molar-refractivity contribution < 1.29 is 80.2 Å². The van der Waals surface area contributed by atoms with Crippen molar-refractivity contribution in [1.29, 1.82) is 0 Å². The maximum absolute atomic E-state index is 13.0. The molecule has 0 aliphatic rings. The Kier molecular flexibility index (Phi) is 56.6. The number of carbonyl (C=O) groups is 4. The molecule has 516 valence electrons. The number of aliphatic hydroxyl groups is 1. The standard InChI is InChI=1S/C68H132O17P2/c1-9-61(8)47-39-31-23-17-18-26-35-43-51-68(73)85-64(55-79-66(71)49-41-33-27-19-22-30-38-46-60(6)7)57-83-87(76,77)81-53-62(69)52-80-86(74,75)82-56-63(84-67(72)50-42-34-25-16-12-14-21-29-37-45-59(4)5)54-78-65(70)48-40-32-24-15-11-10-13-20-28-36-44-58(2)3/h58-64,69H,9-57H2,1-8H3,(H,74,75)(H,76,77)/t61?,62?,63-,64-/m1/s1. The van der Waals surface area contributed by atoms with E-state index in [1.807, 2.05) is 0 Å². The summed E-state index contributed by atoms with van der Waals surface area (Å²) in [4.78, 5) is 72.4. The summed E-state index contributed by atoms with van der Waals surface area (Å²) in [7, 11) is -9.90. The number of unbranched alkanes of at least 4 members (excludes halogenated alkanes) is 30. The third kappa shape index (κ3) is 61.3. The lowest BCUT2D eigenvalue weighted by Gasteiger charge is -2.21. The number of phosphoric acid groups is 2. The van der Waals surface area contributed by atoms with Crippen molar-refractivity contribution in [2.75, 3.05) is 39.6 Å². The molecule has 0 aromatic rings. The molecule has 0 radical (unpaired) electrons. The maximum Gasteiger partial charge on any atom is 0.472 e. The molecular formula is C68H132O17P2. The number of hydrogen-bond donors (Lipinski definition) is 3. The molecule has 0 aliphatic heterocycles. The fraction of sp³-hybridized carbons (Fsp3) is 0.941. The smallest absolute Gasteiger partial charge is 0.462 e. The van der Waals surface area contributed by atoms with E-state index in [-0.39, 0.29) is 25.7 Å². The van der Waals surface area contributed by atoms with Crippen LogP contribution < -0.4 is 0 Å². The third-order valence-corrected chi connectivity index (χ3v) is 17.8. The second-order valence-corrected chi connectivity index (χ2v) is 29.1. The molecule has 0 rings (SSSR count). The molecule has 0 fully saturated rings. The number of rotatable bonds is 65. The Labute approximate surface area is 530 Å². The van der Waals surface area contributed by atoms with E-state index in [4.69, 9.17) is 37.0 Å². The number of esters is 4. The predicted molar refractivity (Wildman–Crippen MR) is 349 cm³/mol. The van der Waals surface area contributed by atoms with Gasteiger partial charge in [0.25, 0.3) is 0 Å². The van der Waals surface area contributed by atoms with E-state index in [0.717, 1.165) is 114 Å². The van der Waals surface area contributed by atoms with Crippen molar-refractivity contribution in [3.05, 3.63) is 0 Å². The minimum absolute atomic E-state index is 0.104. The quantitative estimate of drug-likeness (QED) is 0.0222. The number of aliphatic hydroxyl groups excluding tert-OH is 1. The normalized spacial score (nSPS) is 14.6. The highest BCUT2D eigenvalue weighted by molar-refractivity contribution is 7.47. The molecule has 0 heterocycles. The zero-order valence-electron chi connectivity index (χ0n) is 56.6. The lowest BCUT2D eigenvalue weighted by Crippen LogP contribution is -2.30. The summed E-state index contributed by atoms with van der Waals surface area (Å²) in [6.45, 7) is 14.0. The van der Waals surface area contributed by atoms with Crippen LogP contribution in [0.3, 0.4) is 0 Å². The van der Waals surface area contributed by atoms with Gasteiger partial charge < -0.3 is 33.8 Å². The fourth-order valence-electron chi connectivity index (χ4n) is 10.1. The van der Waals surface area contributed by atoms with Gasteiger partial charge in [-0.05, 0) is 49.4 Å². The molecule has 0 aliphatic carbocycles. The fourth-order valence-corrected chi connectivity index (χ4v) is 11.7. The van der Waals surface area contributed by atoms with Crippen molar-refractivity contribution in [1.82, 2.24) is 0 Å². The molecule has 0 saturated carbocycles.